The van der Waals surface area contributed by atoms with Crippen LogP contribution in [0.1, 0.15) is 36.0 Å². The second-order valence-corrected chi connectivity index (χ2v) is 4.55. The lowest BCUT2D eigenvalue weighted by Gasteiger charge is -2.04. The minimum atomic E-state index is 0.280. The lowest BCUT2D eigenvalue weighted by Crippen LogP contribution is -1.96. The summed E-state index contributed by atoms with van der Waals surface area (Å²) in [7, 11) is 0. The Labute approximate surface area is 107 Å². The molecule has 0 radical (unpaired) electrons. The molecule has 3 heteroatoms. The molecule has 3 nitrogen and oxygen atoms in total. The van der Waals surface area contributed by atoms with E-state index in [2.05, 4.69) is 10.6 Å². The summed E-state index contributed by atoms with van der Waals surface area (Å²) in [6.45, 7) is 1.21. The maximum atomic E-state index is 11.0. The first-order valence-corrected chi connectivity index (χ1v) is 6.50. The van der Waals surface area contributed by atoms with E-state index in [0.717, 1.165) is 55.0 Å². The van der Waals surface area contributed by atoms with E-state index in [1.165, 1.54) is 0 Å². The Hall–Kier alpha value is -1.61. The Kier molecular flexibility index (Phi) is 4.53. The third-order valence-corrected chi connectivity index (χ3v) is 3.25. The highest BCUT2D eigenvalue weighted by atomic mass is 16.2. The van der Waals surface area contributed by atoms with Crippen molar-refractivity contribution in [2.24, 2.45) is 0 Å². The van der Waals surface area contributed by atoms with Gasteiger partial charge in [0.15, 0.2) is 6.29 Å². The van der Waals surface area contributed by atoms with Crippen molar-refractivity contribution in [3.05, 3.63) is 36.0 Å². The van der Waals surface area contributed by atoms with Gasteiger partial charge in [0.05, 0.1) is 0 Å². The maximum Gasteiger partial charge on any atom is 0.152 e. The predicted molar refractivity (Wildman–Crippen MR) is 72.9 cm³/mol. The molecule has 0 saturated carbocycles. The number of aliphatic hydroxyl groups is 1. The third-order valence-electron chi connectivity index (χ3n) is 3.25. The van der Waals surface area contributed by atoms with E-state index in [4.69, 9.17) is 5.11 Å². The van der Waals surface area contributed by atoms with Crippen molar-refractivity contribution in [2.75, 3.05) is 6.61 Å². The molecule has 1 aromatic heterocycles. The van der Waals surface area contributed by atoms with E-state index in [1.54, 1.807) is 0 Å². The average molecular weight is 245 g/mol. The number of unbranched alkanes of at least 4 members (excludes halogenated alkanes) is 3. The summed E-state index contributed by atoms with van der Waals surface area (Å²) in [6.07, 6.45) is 7.00. The lowest BCUT2D eigenvalue weighted by molar-refractivity contribution is 0.112. The van der Waals surface area contributed by atoms with Crippen LogP contribution in [0.3, 0.4) is 0 Å². The number of para-hydroxylation sites is 1. The van der Waals surface area contributed by atoms with Crippen LogP contribution < -0.4 is 0 Å². The SMILES string of the molecule is O=Cc1cn(CCCCCCO)c2ccccc12. The molecule has 2 rings (SSSR count). The molecule has 0 fully saturated rings. The summed E-state index contributed by atoms with van der Waals surface area (Å²) in [5.74, 6) is 0. The number of nitrogens with zero attached hydrogens (tertiary/aromatic N) is 1. The van der Waals surface area contributed by atoms with Crippen LogP contribution in [0.5, 0.6) is 0 Å². The molecular formula is C15H19NO2. The van der Waals surface area contributed by atoms with Gasteiger partial charge >= 0.3 is 0 Å². The maximum absolute atomic E-state index is 11.0. The predicted octanol–water partition coefficient (Wildman–Crippen LogP) is 3.01. The van der Waals surface area contributed by atoms with Crippen LogP contribution in [0, 0.1) is 0 Å². The summed E-state index contributed by atoms with van der Waals surface area (Å²) < 4.78 is 2.15. The number of fused-ring (bicyclic) bond motifs is 1. The van der Waals surface area contributed by atoms with E-state index in [-0.39, 0.29) is 6.61 Å². The normalized spacial score (nSPS) is 10.9. The number of rotatable bonds is 7. The van der Waals surface area contributed by atoms with Gasteiger partial charge in [-0.15, -0.1) is 0 Å². The Morgan fingerprint density at radius 3 is 2.67 bits per heavy atom. The molecule has 0 aliphatic heterocycles. The summed E-state index contributed by atoms with van der Waals surface area (Å²) in [5.41, 5.74) is 1.89. The summed E-state index contributed by atoms with van der Waals surface area (Å²) >= 11 is 0. The molecule has 0 amide bonds. The fraction of sp³-hybridized carbons (Fsp3) is 0.400. The van der Waals surface area contributed by atoms with Crippen molar-refractivity contribution >= 4 is 17.2 Å². The minimum absolute atomic E-state index is 0.280. The van der Waals surface area contributed by atoms with Crippen LogP contribution in [0.15, 0.2) is 30.5 Å². The second kappa shape index (κ2) is 6.36. The first kappa shape index (κ1) is 12.8. The monoisotopic (exact) mass is 245 g/mol. The Bertz CT molecular complexity index is 516. The van der Waals surface area contributed by atoms with Crippen molar-refractivity contribution in [2.45, 2.75) is 32.2 Å². The molecule has 0 atom stereocenters. The van der Waals surface area contributed by atoms with E-state index in [9.17, 15) is 4.79 Å². The highest BCUT2D eigenvalue weighted by molar-refractivity contribution is 5.97. The molecule has 0 unspecified atom stereocenters. The van der Waals surface area contributed by atoms with Gasteiger partial charge in [-0.05, 0) is 18.9 Å². The number of hydrogen-bond donors (Lipinski definition) is 1. The molecule has 2 aromatic rings. The number of carbonyl (C=O) groups excluding carboxylic acids is 1. The van der Waals surface area contributed by atoms with E-state index < -0.39 is 0 Å². The molecule has 0 bridgehead atoms. The van der Waals surface area contributed by atoms with Crippen molar-refractivity contribution in [3.63, 3.8) is 0 Å². The zero-order valence-electron chi connectivity index (χ0n) is 10.5. The molecule has 1 N–H and O–H groups in total. The van der Waals surface area contributed by atoms with Gasteiger partial charge in [-0.3, -0.25) is 4.79 Å². The van der Waals surface area contributed by atoms with Crippen LogP contribution in [0.25, 0.3) is 10.9 Å². The van der Waals surface area contributed by atoms with Gasteiger partial charge in [0.1, 0.15) is 0 Å². The van der Waals surface area contributed by atoms with Crippen LogP contribution >= 0.6 is 0 Å². The Balaban J connectivity index is 2.06. The molecule has 18 heavy (non-hydrogen) atoms. The number of aliphatic hydroxyl groups excluding tert-OH is 1. The zero-order chi connectivity index (χ0) is 12.8. The highest BCUT2D eigenvalue weighted by Gasteiger charge is 2.06. The van der Waals surface area contributed by atoms with Crippen molar-refractivity contribution in [1.29, 1.82) is 0 Å². The smallest absolute Gasteiger partial charge is 0.152 e. The molecule has 0 aliphatic carbocycles. The number of aromatic nitrogens is 1. The molecule has 96 valence electrons. The van der Waals surface area contributed by atoms with E-state index in [0.29, 0.717) is 0 Å². The van der Waals surface area contributed by atoms with Crippen LogP contribution in [0.2, 0.25) is 0 Å². The first-order valence-electron chi connectivity index (χ1n) is 6.50. The van der Waals surface area contributed by atoms with Crippen molar-refractivity contribution in [3.8, 4) is 0 Å². The van der Waals surface area contributed by atoms with Crippen molar-refractivity contribution < 1.29 is 9.90 Å². The Morgan fingerprint density at radius 2 is 1.89 bits per heavy atom. The number of carbonyl (C=O) groups is 1. The van der Waals surface area contributed by atoms with Gasteiger partial charge in [-0.2, -0.15) is 0 Å². The summed E-state index contributed by atoms with van der Waals surface area (Å²) in [6, 6.07) is 8.00. The quantitative estimate of drug-likeness (QED) is 0.602. The van der Waals surface area contributed by atoms with E-state index in [1.807, 2.05) is 24.4 Å². The minimum Gasteiger partial charge on any atom is -0.396 e. The second-order valence-electron chi connectivity index (χ2n) is 4.55. The summed E-state index contributed by atoms with van der Waals surface area (Å²) in [4.78, 5) is 11.0. The fourth-order valence-electron chi connectivity index (χ4n) is 2.30. The fourth-order valence-corrected chi connectivity index (χ4v) is 2.30. The van der Waals surface area contributed by atoms with Gasteiger partial charge < -0.3 is 9.67 Å². The van der Waals surface area contributed by atoms with Crippen LogP contribution in [-0.4, -0.2) is 22.6 Å². The molecular weight excluding hydrogens is 226 g/mol. The number of aryl methyl sites for hydroxylation is 1. The molecule has 1 heterocycles. The highest BCUT2D eigenvalue weighted by Crippen LogP contribution is 2.20. The van der Waals surface area contributed by atoms with Crippen molar-refractivity contribution in [1.82, 2.24) is 4.57 Å². The zero-order valence-corrected chi connectivity index (χ0v) is 10.5. The number of hydrogen-bond acceptors (Lipinski definition) is 2. The molecule has 1 aromatic carbocycles. The van der Waals surface area contributed by atoms with Gasteiger partial charge in [-0.1, -0.05) is 31.0 Å². The Morgan fingerprint density at radius 1 is 1.11 bits per heavy atom. The summed E-state index contributed by atoms with van der Waals surface area (Å²) in [5, 5.41) is 9.75. The van der Waals surface area contributed by atoms with Gasteiger partial charge in [0, 0.05) is 35.8 Å². The largest absolute Gasteiger partial charge is 0.396 e. The number of aldehydes is 1. The molecule has 0 aliphatic rings. The molecule has 0 spiro atoms. The third kappa shape index (κ3) is 2.79. The van der Waals surface area contributed by atoms with Gasteiger partial charge in [0.2, 0.25) is 0 Å². The van der Waals surface area contributed by atoms with E-state index >= 15 is 0 Å². The molecule has 0 saturated heterocycles. The topological polar surface area (TPSA) is 42.2 Å². The van der Waals surface area contributed by atoms with Gasteiger partial charge in [0.25, 0.3) is 0 Å². The standard InChI is InChI=1S/C15H19NO2/c17-10-6-2-1-5-9-16-11-13(12-18)14-7-3-4-8-15(14)16/h3-4,7-8,11-12,17H,1-2,5-6,9-10H2. The lowest BCUT2D eigenvalue weighted by atomic mass is 10.2. The average Bonchev–Trinajstić information content (AvgIpc) is 2.77. The first-order chi connectivity index (χ1) is 8.86. The number of benzene rings is 1. The van der Waals surface area contributed by atoms with Gasteiger partial charge in [-0.25, -0.2) is 0 Å². The van der Waals surface area contributed by atoms with Crippen LogP contribution in [-0.2, 0) is 6.54 Å². The van der Waals surface area contributed by atoms with Crippen LogP contribution in [0.4, 0.5) is 0 Å².